The van der Waals surface area contributed by atoms with Gasteiger partial charge in [-0.3, -0.25) is 0 Å². The number of rotatable bonds is 6. The van der Waals surface area contributed by atoms with Gasteiger partial charge in [0.2, 0.25) is 0 Å². The Balaban J connectivity index is 3.99. The van der Waals surface area contributed by atoms with Crippen LogP contribution in [0.4, 0.5) is 0 Å². The maximum absolute atomic E-state index is 9.21. The van der Waals surface area contributed by atoms with Gasteiger partial charge in [0.15, 0.2) is 0 Å². The van der Waals surface area contributed by atoms with Gasteiger partial charge in [0.05, 0.1) is 12.7 Å². The number of aliphatic hydroxyl groups is 5. The fraction of sp³-hybridized carbons (Fsp3) is 1.00. The molecular formula is C7H17NO5. The summed E-state index contributed by atoms with van der Waals surface area (Å²) < 4.78 is 0. The molecule has 0 fully saturated rings. The van der Waals surface area contributed by atoms with Crippen molar-refractivity contribution < 1.29 is 25.5 Å². The van der Waals surface area contributed by atoms with Gasteiger partial charge in [-0.1, -0.05) is 0 Å². The first kappa shape index (κ1) is 12.8. The molecule has 0 aliphatic heterocycles. The van der Waals surface area contributed by atoms with Crippen LogP contribution in [0, 0.1) is 0 Å². The fourth-order valence-electron chi connectivity index (χ4n) is 0.893. The Morgan fingerprint density at radius 1 is 1.00 bits per heavy atom. The molecule has 0 aromatic carbocycles. The van der Waals surface area contributed by atoms with Crippen LogP contribution in [0.15, 0.2) is 0 Å². The Morgan fingerprint density at radius 3 is 1.85 bits per heavy atom. The molecule has 4 atom stereocenters. The molecule has 6 nitrogen and oxygen atoms in total. The summed E-state index contributed by atoms with van der Waals surface area (Å²) in [7, 11) is 1.57. The maximum Gasteiger partial charge on any atom is 0.111 e. The second-order valence-corrected chi connectivity index (χ2v) is 2.86. The summed E-state index contributed by atoms with van der Waals surface area (Å²) in [5, 5.41) is 47.5. The first-order chi connectivity index (χ1) is 6.04. The van der Waals surface area contributed by atoms with Crippen molar-refractivity contribution in [2.75, 3.05) is 20.2 Å². The summed E-state index contributed by atoms with van der Waals surface area (Å²) in [6, 6.07) is 0. The predicted octanol–water partition coefficient (Wildman–Crippen LogP) is -3.36. The van der Waals surface area contributed by atoms with Crippen molar-refractivity contribution in [3.8, 4) is 0 Å². The molecule has 0 bridgehead atoms. The third-order valence-corrected chi connectivity index (χ3v) is 1.74. The minimum atomic E-state index is -1.55. The number of hydrogen-bond acceptors (Lipinski definition) is 6. The highest BCUT2D eigenvalue weighted by Gasteiger charge is 2.29. The molecule has 0 saturated heterocycles. The van der Waals surface area contributed by atoms with Crippen LogP contribution in [0.3, 0.4) is 0 Å². The van der Waals surface area contributed by atoms with E-state index in [1.54, 1.807) is 7.05 Å². The molecule has 80 valence electrons. The molecule has 0 heterocycles. The first-order valence-electron chi connectivity index (χ1n) is 4.02. The van der Waals surface area contributed by atoms with E-state index in [2.05, 4.69) is 5.32 Å². The van der Waals surface area contributed by atoms with Gasteiger partial charge in [-0.2, -0.15) is 0 Å². The Labute approximate surface area is 76.4 Å². The molecule has 0 aliphatic rings. The summed E-state index contributed by atoms with van der Waals surface area (Å²) in [6.45, 7) is -0.569. The zero-order valence-electron chi connectivity index (χ0n) is 7.46. The Bertz CT molecular complexity index is 134. The molecule has 0 aliphatic carbocycles. The molecule has 0 spiro atoms. The lowest BCUT2D eigenvalue weighted by Crippen LogP contribution is -2.48. The summed E-state index contributed by atoms with van der Waals surface area (Å²) in [4.78, 5) is 0. The average molecular weight is 195 g/mol. The van der Waals surface area contributed by atoms with Gasteiger partial charge in [0.25, 0.3) is 0 Å². The molecular weight excluding hydrogens is 178 g/mol. The van der Waals surface area contributed by atoms with Gasteiger partial charge >= 0.3 is 0 Å². The average Bonchev–Trinajstić information content (AvgIpc) is 2.14. The molecule has 1 unspecified atom stereocenters. The largest absolute Gasteiger partial charge is 0.394 e. The van der Waals surface area contributed by atoms with Crippen LogP contribution in [-0.4, -0.2) is 70.1 Å². The third-order valence-electron chi connectivity index (χ3n) is 1.74. The van der Waals surface area contributed by atoms with Gasteiger partial charge in [0, 0.05) is 6.54 Å². The Morgan fingerprint density at radius 2 is 1.46 bits per heavy atom. The minimum Gasteiger partial charge on any atom is -0.394 e. The van der Waals surface area contributed by atoms with Crippen LogP contribution in [0.1, 0.15) is 0 Å². The van der Waals surface area contributed by atoms with E-state index in [-0.39, 0.29) is 6.54 Å². The lowest BCUT2D eigenvalue weighted by Gasteiger charge is -2.25. The fourth-order valence-corrected chi connectivity index (χ4v) is 0.893. The van der Waals surface area contributed by atoms with Crippen molar-refractivity contribution in [1.82, 2.24) is 5.32 Å². The molecule has 0 amide bonds. The van der Waals surface area contributed by atoms with E-state index in [1.807, 2.05) is 0 Å². The standard InChI is InChI=1S/C7H17NO5/c1-8-2-4(10)6(12)7(13)5(11)3-9/h4-13H,2-3H2,1H3/t4-,5?,6+,7+/m0/s1. The summed E-state index contributed by atoms with van der Waals surface area (Å²) in [6.07, 6.45) is -5.65. The van der Waals surface area contributed by atoms with Crippen molar-refractivity contribution in [2.24, 2.45) is 0 Å². The van der Waals surface area contributed by atoms with Gasteiger partial charge in [-0.15, -0.1) is 0 Å². The highest BCUT2D eigenvalue weighted by Crippen LogP contribution is 2.04. The van der Waals surface area contributed by atoms with Crippen molar-refractivity contribution in [1.29, 1.82) is 0 Å². The highest BCUT2D eigenvalue weighted by atomic mass is 16.4. The van der Waals surface area contributed by atoms with Crippen molar-refractivity contribution in [2.45, 2.75) is 24.4 Å². The van der Waals surface area contributed by atoms with Crippen molar-refractivity contribution >= 4 is 0 Å². The summed E-state index contributed by atoms with van der Waals surface area (Å²) in [5.74, 6) is 0. The lowest BCUT2D eigenvalue weighted by molar-refractivity contribution is -0.113. The molecule has 6 heteroatoms. The van der Waals surface area contributed by atoms with Gasteiger partial charge in [0.1, 0.15) is 18.3 Å². The normalized spacial score (nSPS) is 20.8. The number of likely N-dealkylation sites (N-methyl/N-ethyl adjacent to an activating group) is 1. The van der Waals surface area contributed by atoms with Crippen LogP contribution < -0.4 is 5.32 Å². The molecule has 0 saturated carbocycles. The zero-order valence-corrected chi connectivity index (χ0v) is 7.46. The zero-order chi connectivity index (χ0) is 10.4. The van der Waals surface area contributed by atoms with E-state index in [0.29, 0.717) is 0 Å². The van der Waals surface area contributed by atoms with Gasteiger partial charge < -0.3 is 30.8 Å². The third kappa shape index (κ3) is 3.99. The van der Waals surface area contributed by atoms with Crippen LogP contribution in [0.2, 0.25) is 0 Å². The van der Waals surface area contributed by atoms with Crippen LogP contribution in [0.5, 0.6) is 0 Å². The van der Waals surface area contributed by atoms with Crippen LogP contribution in [-0.2, 0) is 0 Å². The van der Waals surface area contributed by atoms with Crippen molar-refractivity contribution in [3.05, 3.63) is 0 Å². The maximum atomic E-state index is 9.21. The van der Waals surface area contributed by atoms with E-state index in [1.165, 1.54) is 0 Å². The number of nitrogens with one attached hydrogen (secondary N) is 1. The lowest BCUT2D eigenvalue weighted by atomic mass is 10.0. The Hall–Kier alpha value is -0.240. The Kier molecular flexibility index (Phi) is 6.13. The van der Waals surface area contributed by atoms with E-state index in [9.17, 15) is 5.11 Å². The molecule has 0 radical (unpaired) electrons. The highest BCUT2D eigenvalue weighted by molar-refractivity contribution is 4.81. The topological polar surface area (TPSA) is 113 Å². The summed E-state index contributed by atoms with van der Waals surface area (Å²) in [5.41, 5.74) is 0. The second-order valence-electron chi connectivity index (χ2n) is 2.86. The first-order valence-corrected chi connectivity index (χ1v) is 4.02. The molecule has 0 rings (SSSR count). The van der Waals surface area contributed by atoms with Gasteiger partial charge in [-0.05, 0) is 7.05 Å². The molecule has 6 N–H and O–H groups in total. The van der Waals surface area contributed by atoms with Gasteiger partial charge in [-0.25, -0.2) is 0 Å². The minimum absolute atomic E-state index is 0.0936. The smallest absolute Gasteiger partial charge is 0.111 e. The monoisotopic (exact) mass is 195 g/mol. The quantitative estimate of drug-likeness (QED) is 0.264. The molecule has 13 heavy (non-hydrogen) atoms. The SMILES string of the molecule is CNC[C@H](O)[C@@H](O)[C@H](O)C(O)CO. The van der Waals surface area contributed by atoms with E-state index in [0.717, 1.165) is 0 Å². The van der Waals surface area contributed by atoms with E-state index in [4.69, 9.17) is 20.4 Å². The van der Waals surface area contributed by atoms with Crippen LogP contribution >= 0.6 is 0 Å². The molecule has 0 aromatic heterocycles. The van der Waals surface area contributed by atoms with E-state index >= 15 is 0 Å². The van der Waals surface area contributed by atoms with E-state index < -0.39 is 31.0 Å². The molecule has 0 aromatic rings. The number of hydrogen-bond donors (Lipinski definition) is 6. The predicted molar refractivity (Wildman–Crippen MR) is 45.0 cm³/mol. The number of aliphatic hydroxyl groups excluding tert-OH is 5. The second kappa shape index (κ2) is 6.25. The van der Waals surface area contributed by atoms with Crippen molar-refractivity contribution in [3.63, 3.8) is 0 Å². The summed E-state index contributed by atoms with van der Waals surface area (Å²) >= 11 is 0. The van der Waals surface area contributed by atoms with Crippen LogP contribution in [0.25, 0.3) is 0 Å².